The van der Waals surface area contributed by atoms with Crippen molar-refractivity contribution in [2.45, 2.75) is 0 Å². The van der Waals surface area contributed by atoms with Gasteiger partial charge in [-0.1, -0.05) is 0 Å². The smallest absolute Gasteiger partial charge is 0.274 e. The molecule has 1 aromatic heterocycles. The number of aromatic nitrogens is 1. The molecule has 0 saturated carbocycles. The average Bonchev–Trinajstić information content (AvgIpc) is 2.44. The monoisotopic (exact) mass is 341 g/mol. The molecule has 20 heavy (non-hydrogen) atoms. The van der Waals surface area contributed by atoms with Crippen molar-refractivity contribution in [3.63, 3.8) is 0 Å². The molecule has 4 nitrogen and oxygen atoms in total. The Labute approximate surface area is 122 Å². The van der Waals surface area contributed by atoms with Gasteiger partial charge in [0, 0.05) is 13.1 Å². The fourth-order valence-electron chi connectivity index (χ4n) is 1.48. The molecule has 0 radical (unpaired) electrons. The van der Waals surface area contributed by atoms with Crippen LogP contribution in [-0.4, -0.2) is 17.9 Å². The van der Waals surface area contributed by atoms with Crippen molar-refractivity contribution in [2.24, 2.45) is 0 Å². The molecule has 0 fully saturated rings. The van der Waals surface area contributed by atoms with Gasteiger partial charge >= 0.3 is 0 Å². The molecule has 104 valence electrons. The zero-order chi connectivity index (χ0) is 14.7. The molecule has 1 heterocycles. The highest BCUT2D eigenvalue weighted by Crippen LogP contribution is 2.23. The fourth-order valence-corrected chi connectivity index (χ4v) is 1.80. The van der Waals surface area contributed by atoms with Gasteiger partial charge in [-0.3, -0.25) is 4.79 Å². The quantitative estimate of drug-likeness (QED) is 0.841. The first-order valence-electron chi connectivity index (χ1n) is 5.61. The van der Waals surface area contributed by atoms with Crippen LogP contribution in [0.2, 0.25) is 0 Å². The minimum absolute atomic E-state index is 0.00972. The second-order valence-electron chi connectivity index (χ2n) is 3.88. The van der Waals surface area contributed by atoms with E-state index in [2.05, 4.69) is 31.5 Å². The van der Waals surface area contributed by atoms with Crippen LogP contribution in [0.3, 0.4) is 0 Å². The maximum Gasteiger partial charge on any atom is 0.274 e. The fraction of sp³-hybridized carbons (Fsp3) is 0.0769. The van der Waals surface area contributed by atoms with E-state index in [1.165, 1.54) is 12.3 Å². The minimum Gasteiger partial charge on any atom is -0.387 e. The van der Waals surface area contributed by atoms with Crippen molar-refractivity contribution in [1.82, 2.24) is 4.98 Å². The molecule has 0 saturated heterocycles. The Kier molecular flexibility index (Phi) is 4.29. The maximum atomic E-state index is 13.6. The molecule has 0 aliphatic rings. The number of halogens is 3. The Balaban J connectivity index is 2.20. The van der Waals surface area contributed by atoms with Gasteiger partial charge in [-0.15, -0.1) is 0 Å². The van der Waals surface area contributed by atoms with Crippen molar-refractivity contribution in [1.29, 1.82) is 0 Å². The van der Waals surface area contributed by atoms with E-state index in [1.807, 2.05) is 0 Å². The normalized spacial score (nSPS) is 10.2. The first-order chi connectivity index (χ1) is 9.51. The maximum absolute atomic E-state index is 13.6. The van der Waals surface area contributed by atoms with Crippen molar-refractivity contribution >= 4 is 33.2 Å². The van der Waals surface area contributed by atoms with Gasteiger partial charge in [-0.05, 0) is 34.1 Å². The largest absolute Gasteiger partial charge is 0.387 e. The number of amides is 1. The van der Waals surface area contributed by atoms with Crippen molar-refractivity contribution < 1.29 is 13.6 Å². The predicted molar refractivity (Wildman–Crippen MR) is 75.8 cm³/mol. The lowest BCUT2D eigenvalue weighted by Gasteiger charge is -2.07. The Bertz CT molecular complexity index is 647. The molecule has 0 unspecified atom stereocenters. The third-order valence-electron chi connectivity index (χ3n) is 2.54. The van der Waals surface area contributed by atoms with Crippen molar-refractivity contribution in [2.75, 3.05) is 17.7 Å². The topological polar surface area (TPSA) is 54.0 Å². The lowest BCUT2D eigenvalue weighted by molar-refractivity contribution is 0.102. The molecule has 1 amide bonds. The molecule has 0 aliphatic heterocycles. The zero-order valence-electron chi connectivity index (χ0n) is 10.4. The number of hydrogen-bond acceptors (Lipinski definition) is 3. The predicted octanol–water partition coefficient (Wildman–Crippen LogP) is 3.42. The lowest BCUT2D eigenvalue weighted by Crippen LogP contribution is -2.15. The van der Waals surface area contributed by atoms with E-state index in [4.69, 9.17) is 0 Å². The van der Waals surface area contributed by atoms with E-state index in [0.717, 1.165) is 17.8 Å². The molecule has 2 N–H and O–H groups in total. The second-order valence-corrected chi connectivity index (χ2v) is 4.74. The molecular formula is C13H10BrF2N3O. The Morgan fingerprint density at radius 2 is 2.00 bits per heavy atom. The van der Waals surface area contributed by atoms with Gasteiger partial charge in [-0.2, -0.15) is 0 Å². The minimum atomic E-state index is -0.738. The summed E-state index contributed by atoms with van der Waals surface area (Å²) in [4.78, 5) is 15.8. The Morgan fingerprint density at radius 1 is 1.25 bits per heavy atom. The average molecular weight is 342 g/mol. The van der Waals surface area contributed by atoms with Crippen LogP contribution in [0.1, 0.15) is 10.5 Å². The molecule has 1 aromatic carbocycles. The van der Waals surface area contributed by atoms with E-state index in [-0.39, 0.29) is 15.9 Å². The van der Waals surface area contributed by atoms with Gasteiger partial charge in [-0.25, -0.2) is 13.8 Å². The second kappa shape index (κ2) is 5.96. The van der Waals surface area contributed by atoms with Crippen LogP contribution in [-0.2, 0) is 0 Å². The summed E-state index contributed by atoms with van der Waals surface area (Å²) < 4.78 is 26.9. The molecule has 0 spiro atoms. The van der Waals surface area contributed by atoms with E-state index >= 15 is 0 Å². The van der Waals surface area contributed by atoms with Crippen molar-refractivity contribution in [3.8, 4) is 0 Å². The third kappa shape index (κ3) is 3.11. The number of carbonyl (C=O) groups is 1. The van der Waals surface area contributed by atoms with Gasteiger partial charge < -0.3 is 10.6 Å². The van der Waals surface area contributed by atoms with Crippen molar-refractivity contribution in [3.05, 3.63) is 52.3 Å². The summed E-state index contributed by atoms with van der Waals surface area (Å²) in [5, 5.41) is 5.13. The molecule has 7 heteroatoms. The van der Waals surface area contributed by atoms with Gasteiger partial charge in [0.05, 0.1) is 22.0 Å². The summed E-state index contributed by atoms with van der Waals surface area (Å²) in [5.41, 5.74) is 0.601. The SMILES string of the molecule is CNc1ccc(C(=O)Nc2cc(F)c(Br)cc2F)nc1. The summed E-state index contributed by atoms with van der Waals surface area (Å²) in [7, 11) is 1.72. The summed E-state index contributed by atoms with van der Waals surface area (Å²) >= 11 is 2.86. The highest BCUT2D eigenvalue weighted by atomic mass is 79.9. The van der Waals surface area contributed by atoms with Crippen LogP contribution < -0.4 is 10.6 Å². The zero-order valence-corrected chi connectivity index (χ0v) is 12.0. The van der Waals surface area contributed by atoms with Gasteiger partial charge in [0.1, 0.15) is 17.3 Å². The van der Waals surface area contributed by atoms with E-state index in [1.54, 1.807) is 13.1 Å². The number of anilines is 2. The summed E-state index contributed by atoms with van der Waals surface area (Å²) in [6, 6.07) is 4.98. The summed E-state index contributed by atoms with van der Waals surface area (Å²) in [6.07, 6.45) is 1.47. The van der Waals surface area contributed by atoms with Crippen LogP contribution in [0, 0.1) is 11.6 Å². The highest BCUT2D eigenvalue weighted by molar-refractivity contribution is 9.10. The first kappa shape index (κ1) is 14.4. The molecule has 0 aliphatic carbocycles. The molecule has 0 bridgehead atoms. The standard InChI is InChI=1S/C13H10BrF2N3O/c1-17-7-2-3-11(18-6-7)13(20)19-12-5-9(15)8(14)4-10(12)16/h2-6,17H,1H3,(H,19,20). The van der Waals surface area contributed by atoms with Crippen LogP contribution in [0.15, 0.2) is 34.9 Å². The number of nitrogens with one attached hydrogen (secondary N) is 2. The van der Waals surface area contributed by atoms with Crippen LogP contribution in [0.25, 0.3) is 0 Å². The molecule has 2 aromatic rings. The summed E-state index contributed by atoms with van der Waals surface area (Å²) in [5.74, 6) is -2.02. The number of carbonyl (C=O) groups excluding carboxylic acids is 1. The number of pyridine rings is 1. The Hall–Kier alpha value is -2.02. The number of benzene rings is 1. The van der Waals surface area contributed by atoms with E-state index in [0.29, 0.717) is 0 Å². The molecule has 2 rings (SSSR count). The van der Waals surface area contributed by atoms with Crippen LogP contribution in [0.4, 0.5) is 20.2 Å². The van der Waals surface area contributed by atoms with Crippen LogP contribution >= 0.6 is 15.9 Å². The Morgan fingerprint density at radius 3 is 2.60 bits per heavy atom. The van der Waals surface area contributed by atoms with Crippen LogP contribution in [0.5, 0.6) is 0 Å². The summed E-state index contributed by atoms with van der Waals surface area (Å²) in [6.45, 7) is 0. The molecular weight excluding hydrogens is 332 g/mol. The number of rotatable bonds is 3. The van der Waals surface area contributed by atoms with E-state index in [9.17, 15) is 13.6 Å². The third-order valence-corrected chi connectivity index (χ3v) is 3.15. The van der Waals surface area contributed by atoms with Gasteiger partial charge in [0.2, 0.25) is 0 Å². The number of hydrogen-bond donors (Lipinski definition) is 2. The van der Waals surface area contributed by atoms with Gasteiger partial charge in [0.15, 0.2) is 0 Å². The first-order valence-corrected chi connectivity index (χ1v) is 6.40. The highest BCUT2D eigenvalue weighted by Gasteiger charge is 2.13. The van der Waals surface area contributed by atoms with Gasteiger partial charge in [0.25, 0.3) is 5.91 Å². The number of nitrogens with zero attached hydrogens (tertiary/aromatic N) is 1. The van der Waals surface area contributed by atoms with E-state index < -0.39 is 17.5 Å². The molecule has 0 atom stereocenters. The lowest BCUT2D eigenvalue weighted by atomic mass is 10.2.